The van der Waals surface area contributed by atoms with Crippen molar-refractivity contribution in [3.05, 3.63) is 94.6 Å². The van der Waals surface area contributed by atoms with E-state index >= 15 is 0 Å². The van der Waals surface area contributed by atoms with E-state index in [2.05, 4.69) is 72.8 Å². The van der Waals surface area contributed by atoms with Gasteiger partial charge in [0, 0.05) is 24.5 Å². The Balaban J connectivity index is 1.40. The number of fused-ring (bicyclic) bond motifs is 2. The van der Waals surface area contributed by atoms with Crippen molar-refractivity contribution in [2.24, 2.45) is 0 Å². The highest BCUT2D eigenvalue weighted by Crippen LogP contribution is 2.45. The SMILES string of the molecule is O=C(C=C(C1C=Cc2ccccc21)C1C=Cc2ccccc21)OCCCCCCCCCO. The van der Waals surface area contributed by atoms with Gasteiger partial charge in [-0.15, -0.1) is 0 Å². The first-order chi connectivity index (χ1) is 16.3. The van der Waals surface area contributed by atoms with Gasteiger partial charge in [0.15, 0.2) is 0 Å². The fourth-order valence-electron chi connectivity index (χ4n) is 4.90. The summed E-state index contributed by atoms with van der Waals surface area (Å²) in [6, 6.07) is 16.8. The second kappa shape index (κ2) is 11.8. The van der Waals surface area contributed by atoms with E-state index in [1.165, 1.54) is 35.1 Å². The van der Waals surface area contributed by atoms with Gasteiger partial charge in [-0.2, -0.15) is 0 Å². The van der Waals surface area contributed by atoms with Crippen molar-refractivity contribution in [1.82, 2.24) is 0 Å². The van der Waals surface area contributed by atoms with Gasteiger partial charge in [0.2, 0.25) is 0 Å². The molecule has 0 aromatic heterocycles. The standard InChI is InChI=1S/C30H34O3/c31-20-10-4-2-1-3-5-11-21-33-30(32)22-29(27-18-16-23-12-6-8-14-25(23)27)28-19-17-24-13-7-9-15-26(24)28/h6-9,12-19,22,27-28,31H,1-5,10-11,20-21H2. The van der Waals surface area contributed by atoms with Crippen LogP contribution in [0.15, 0.2) is 72.3 Å². The van der Waals surface area contributed by atoms with Gasteiger partial charge in [0.05, 0.1) is 6.61 Å². The lowest BCUT2D eigenvalue weighted by Gasteiger charge is -2.22. The van der Waals surface area contributed by atoms with Crippen LogP contribution in [0, 0.1) is 0 Å². The van der Waals surface area contributed by atoms with Gasteiger partial charge in [0.1, 0.15) is 0 Å². The number of allylic oxidation sites excluding steroid dienone is 3. The molecule has 0 amide bonds. The molecule has 0 aliphatic heterocycles. The van der Waals surface area contributed by atoms with E-state index in [1.807, 2.05) is 0 Å². The fourth-order valence-corrected chi connectivity index (χ4v) is 4.90. The predicted molar refractivity (Wildman–Crippen MR) is 135 cm³/mol. The summed E-state index contributed by atoms with van der Waals surface area (Å²) in [5.41, 5.74) is 6.00. The largest absolute Gasteiger partial charge is 0.463 e. The Labute approximate surface area is 197 Å². The van der Waals surface area contributed by atoms with Crippen LogP contribution in [0.3, 0.4) is 0 Å². The summed E-state index contributed by atoms with van der Waals surface area (Å²) in [5, 5.41) is 8.83. The van der Waals surface area contributed by atoms with Gasteiger partial charge in [-0.25, -0.2) is 4.79 Å². The summed E-state index contributed by atoms with van der Waals surface area (Å²) >= 11 is 0. The molecule has 0 heterocycles. The predicted octanol–water partition coefficient (Wildman–Crippen LogP) is 6.80. The van der Waals surface area contributed by atoms with Gasteiger partial charge in [-0.05, 0) is 40.7 Å². The summed E-state index contributed by atoms with van der Waals surface area (Å²) in [4.78, 5) is 12.8. The van der Waals surface area contributed by atoms with Gasteiger partial charge >= 0.3 is 5.97 Å². The first-order valence-electron chi connectivity index (χ1n) is 12.3. The summed E-state index contributed by atoms with van der Waals surface area (Å²) in [5.74, 6) is -0.0922. The minimum atomic E-state index is -0.247. The van der Waals surface area contributed by atoms with E-state index < -0.39 is 0 Å². The van der Waals surface area contributed by atoms with Crippen LogP contribution in [0.5, 0.6) is 0 Å². The molecule has 2 aliphatic carbocycles. The highest BCUT2D eigenvalue weighted by atomic mass is 16.5. The molecule has 0 fully saturated rings. The van der Waals surface area contributed by atoms with Crippen LogP contribution in [0.1, 0.15) is 79.0 Å². The molecule has 3 heteroatoms. The van der Waals surface area contributed by atoms with Crippen LogP contribution in [0.25, 0.3) is 12.2 Å². The maximum Gasteiger partial charge on any atom is 0.330 e. The van der Waals surface area contributed by atoms with Crippen molar-refractivity contribution in [2.45, 2.75) is 56.8 Å². The highest BCUT2D eigenvalue weighted by Gasteiger charge is 2.30. The first-order valence-corrected chi connectivity index (χ1v) is 12.3. The van der Waals surface area contributed by atoms with Crippen molar-refractivity contribution in [3.63, 3.8) is 0 Å². The average Bonchev–Trinajstić information content (AvgIpc) is 3.46. The molecule has 0 radical (unpaired) electrons. The second-order valence-electron chi connectivity index (χ2n) is 8.94. The average molecular weight is 443 g/mol. The van der Waals surface area contributed by atoms with Crippen molar-refractivity contribution in [2.75, 3.05) is 13.2 Å². The quantitative estimate of drug-likeness (QED) is 0.223. The zero-order chi connectivity index (χ0) is 22.9. The Kier molecular flexibility index (Phi) is 8.32. The Morgan fingerprint density at radius 3 is 1.85 bits per heavy atom. The molecule has 0 saturated carbocycles. The van der Waals surface area contributed by atoms with Crippen LogP contribution < -0.4 is 0 Å². The summed E-state index contributed by atoms with van der Waals surface area (Å²) in [7, 11) is 0. The number of rotatable bonds is 12. The van der Waals surface area contributed by atoms with E-state index in [-0.39, 0.29) is 24.4 Å². The highest BCUT2D eigenvalue weighted by molar-refractivity contribution is 5.85. The molecule has 1 N–H and O–H groups in total. The lowest BCUT2D eigenvalue weighted by atomic mass is 9.81. The zero-order valence-electron chi connectivity index (χ0n) is 19.3. The smallest absolute Gasteiger partial charge is 0.330 e. The van der Waals surface area contributed by atoms with Crippen LogP contribution in [-0.4, -0.2) is 24.3 Å². The van der Waals surface area contributed by atoms with Crippen molar-refractivity contribution < 1.29 is 14.6 Å². The maximum absolute atomic E-state index is 12.8. The molecule has 2 aliphatic rings. The van der Waals surface area contributed by atoms with E-state index in [4.69, 9.17) is 9.84 Å². The third-order valence-electron chi connectivity index (χ3n) is 6.65. The third-order valence-corrected chi connectivity index (χ3v) is 6.65. The first kappa shape index (κ1) is 23.3. The molecule has 2 aromatic rings. The number of benzene rings is 2. The van der Waals surface area contributed by atoms with Gasteiger partial charge in [-0.1, -0.05) is 105 Å². The third kappa shape index (κ3) is 5.91. The van der Waals surface area contributed by atoms with Crippen molar-refractivity contribution >= 4 is 18.1 Å². The van der Waals surface area contributed by atoms with Crippen LogP contribution >= 0.6 is 0 Å². The van der Waals surface area contributed by atoms with Gasteiger partial charge in [0.25, 0.3) is 0 Å². The maximum atomic E-state index is 12.8. The molecule has 3 nitrogen and oxygen atoms in total. The molecule has 33 heavy (non-hydrogen) atoms. The van der Waals surface area contributed by atoms with Crippen LogP contribution in [-0.2, 0) is 9.53 Å². The Morgan fingerprint density at radius 2 is 1.27 bits per heavy atom. The molecular weight excluding hydrogens is 408 g/mol. The summed E-state index contributed by atoms with van der Waals surface area (Å²) in [6.45, 7) is 0.753. The number of hydrogen-bond donors (Lipinski definition) is 1. The number of carbonyl (C=O) groups is 1. The monoisotopic (exact) mass is 442 g/mol. The summed E-state index contributed by atoms with van der Waals surface area (Å²) < 4.78 is 5.62. The van der Waals surface area contributed by atoms with E-state index in [1.54, 1.807) is 6.08 Å². The Morgan fingerprint density at radius 1 is 0.758 bits per heavy atom. The Bertz CT molecular complexity index is 967. The van der Waals surface area contributed by atoms with Crippen LogP contribution in [0.4, 0.5) is 0 Å². The van der Waals surface area contributed by atoms with Crippen molar-refractivity contribution in [1.29, 1.82) is 0 Å². The van der Waals surface area contributed by atoms with E-state index in [0.717, 1.165) is 37.7 Å². The van der Waals surface area contributed by atoms with Gasteiger partial charge in [-0.3, -0.25) is 0 Å². The second-order valence-corrected chi connectivity index (χ2v) is 8.94. The number of esters is 1. The zero-order valence-corrected chi connectivity index (χ0v) is 19.3. The molecule has 0 bridgehead atoms. The minimum Gasteiger partial charge on any atom is -0.463 e. The molecule has 2 atom stereocenters. The number of unbranched alkanes of at least 4 members (excludes halogenated alkanes) is 6. The molecule has 2 unspecified atom stereocenters. The molecule has 2 aromatic carbocycles. The Hall–Kier alpha value is -2.91. The van der Waals surface area contributed by atoms with Gasteiger partial charge < -0.3 is 9.84 Å². The van der Waals surface area contributed by atoms with Crippen LogP contribution in [0.2, 0.25) is 0 Å². The lowest BCUT2D eigenvalue weighted by Crippen LogP contribution is -2.11. The fraction of sp³-hybridized carbons (Fsp3) is 0.367. The van der Waals surface area contributed by atoms with Crippen molar-refractivity contribution in [3.8, 4) is 0 Å². The molecule has 172 valence electrons. The number of hydrogen-bond acceptors (Lipinski definition) is 3. The number of aliphatic hydroxyl groups is 1. The molecule has 0 saturated heterocycles. The molecule has 4 rings (SSSR count). The topological polar surface area (TPSA) is 46.5 Å². The minimum absolute atomic E-state index is 0.0773. The molecule has 0 spiro atoms. The molecular formula is C30H34O3. The number of carbonyl (C=O) groups excluding carboxylic acids is 1. The lowest BCUT2D eigenvalue weighted by molar-refractivity contribution is -0.137. The number of aliphatic hydroxyl groups excluding tert-OH is 1. The summed E-state index contributed by atoms with van der Waals surface area (Å²) in [6.07, 6.45) is 17.9. The van der Waals surface area contributed by atoms with E-state index in [0.29, 0.717) is 6.61 Å². The normalized spacial score (nSPS) is 17.6. The van der Waals surface area contributed by atoms with E-state index in [9.17, 15) is 4.79 Å². The number of ether oxygens (including phenoxy) is 1.